The van der Waals surface area contributed by atoms with Gasteiger partial charge >= 0.3 is 6.03 Å². The van der Waals surface area contributed by atoms with Crippen molar-refractivity contribution in [1.29, 1.82) is 0 Å². The first-order chi connectivity index (χ1) is 10.6. The molecule has 0 unspecified atom stereocenters. The molecule has 0 aliphatic rings. The van der Waals surface area contributed by atoms with Crippen molar-refractivity contribution in [2.45, 2.75) is 19.4 Å². The van der Waals surface area contributed by atoms with E-state index in [2.05, 4.69) is 10.6 Å². The molecule has 2 aromatic rings. The molecule has 0 aliphatic carbocycles. The van der Waals surface area contributed by atoms with Crippen LogP contribution in [0.15, 0.2) is 48.5 Å². The SMILES string of the molecule is Cc1cc(NC(=O)N[C@H](CCO)c2ccccc2)ccc1F. The summed E-state index contributed by atoms with van der Waals surface area (Å²) in [5.41, 5.74) is 1.90. The number of carbonyl (C=O) groups is 1. The van der Waals surface area contributed by atoms with E-state index in [9.17, 15) is 9.18 Å². The van der Waals surface area contributed by atoms with E-state index < -0.39 is 6.03 Å². The second-order valence-electron chi connectivity index (χ2n) is 5.04. The van der Waals surface area contributed by atoms with Gasteiger partial charge in [0.2, 0.25) is 0 Å². The minimum atomic E-state index is -0.395. The van der Waals surface area contributed by atoms with E-state index in [0.29, 0.717) is 17.7 Å². The van der Waals surface area contributed by atoms with E-state index in [1.807, 2.05) is 30.3 Å². The summed E-state index contributed by atoms with van der Waals surface area (Å²) >= 11 is 0. The van der Waals surface area contributed by atoms with Crippen LogP contribution >= 0.6 is 0 Å². The largest absolute Gasteiger partial charge is 0.396 e. The van der Waals surface area contributed by atoms with Gasteiger partial charge in [0, 0.05) is 12.3 Å². The van der Waals surface area contributed by atoms with Crippen LogP contribution in [0.4, 0.5) is 14.9 Å². The van der Waals surface area contributed by atoms with Crippen molar-refractivity contribution in [2.24, 2.45) is 0 Å². The van der Waals surface area contributed by atoms with Crippen LogP contribution in [0.25, 0.3) is 0 Å². The number of urea groups is 1. The fourth-order valence-electron chi connectivity index (χ4n) is 2.18. The number of aryl methyl sites for hydroxylation is 1. The van der Waals surface area contributed by atoms with Gasteiger partial charge in [-0.15, -0.1) is 0 Å². The molecule has 0 aromatic heterocycles. The van der Waals surface area contributed by atoms with Crippen LogP contribution in [0.1, 0.15) is 23.6 Å². The van der Waals surface area contributed by atoms with E-state index in [4.69, 9.17) is 5.11 Å². The van der Waals surface area contributed by atoms with Gasteiger partial charge in [-0.1, -0.05) is 30.3 Å². The maximum absolute atomic E-state index is 13.2. The second kappa shape index (κ2) is 7.56. The van der Waals surface area contributed by atoms with E-state index in [1.54, 1.807) is 13.0 Å². The van der Waals surface area contributed by atoms with E-state index >= 15 is 0 Å². The fraction of sp³-hybridized carbons (Fsp3) is 0.235. The van der Waals surface area contributed by atoms with Crippen LogP contribution in [0.5, 0.6) is 0 Å². The number of benzene rings is 2. The molecule has 2 rings (SSSR count). The molecule has 0 radical (unpaired) electrons. The molecule has 0 heterocycles. The third kappa shape index (κ3) is 4.30. The highest BCUT2D eigenvalue weighted by atomic mass is 19.1. The first-order valence-electron chi connectivity index (χ1n) is 7.09. The molecule has 1 atom stereocenters. The molecule has 0 saturated carbocycles. The highest BCUT2D eigenvalue weighted by Gasteiger charge is 2.14. The normalized spacial score (nSPS) is 11.8. The summed E-state index contributed by atoms with van der Waals surface area (Å²) in [6, 6.07) is 13.1. The molecule has 0 spiro atoms. The number of aliphatic hydroxyl groups is 1. The molecule has 0 fully saturated rings. The Morgan fingerprint density at radius 1 is 1.23 bits per heavy atom. The Bertz CT molecular complexity index is 632. The van der Waals surface area contributed by atoms with Crippen LogP contribution < -0.4 is 10.6 Å². The van der Waals surface area contributed by atoms with Crippen LogP contribution in [-0.4, -0.2) is 17.7 Å². The molecule has 5 heteroatoms. The van der Waals surface area contributed by atoms with Gasteiger partial charge in [-0.05, 0) is 42.7 Å². The summed E-state index contributed by atoms with van der Waals surface area (Å²) in [6.45, 7) is 1.60. The Labute approximate surface area is 129 Å². The number of halogens is 1. The standard InChI is InChI=1S/C17H19FN2O2/c1-12-11-14(7-8-15(12)18)19-17(22)20-16(9-10-21)13-5-3-2-4-6-13/h2-8,11,16,21H,9-10H2,1H3,(H2,19,20,22)/t16-/m1/s1. The molecule has 0 bridgehead atoms. The average Bonchev–Trinajstić information content (AvgIpc) is 2.51. The van der Waals surface area contributed by atoms with Gasteiger partial charge < -0.3 is 15.7 Å². The molecule has 0 aliphatic heterocycles. The molecule has 0 saturated heterocycles. The smallest absolute Gasteiger partial charge is 0.319 e. The highest BCUT2D eigenvalue weighted by Crippen LogP contribution is 2.17. The third-order valence-corrected chi connectivity index (χ3v) is 3.34. The Balaban J connectivity index is 2.03. The lowest BCUT2D eigenvalue weighted by Gasteiger charge is -2.19. The second-order valence-corrected chi connectivity index (χ2v) is 5.04. The predicted octanol–water partition coefficient (Wildman–Crippen LogP) is 3.38. The Hall–Kier alpha value is -2.40. The zero-order valence-electron chi connectivity index (χ0n) is 12.3. The van der Waals surface area contributed by atoms with Crippen LogP contribution in [-0.2, 0) is 0 Å². The quantitative estimate of drug-likeness (QED) is 0.793. The molecule has 22 heavy (non-hydrogen) atoms. The number of aliphatic hydroxyl groups excluding tert-OH is 1. The number of amides is 2. The lowest BCUT2D eigenvalue weighted by atomic mass is 10.0. The minimum absolute atomic E-state index is 0.0322. The van der Waals surface area contributed by atoms with Gasteiger partial charge in [0.1, 0.15) is 5.82 Å². The number of nitrogens with one attached hydrogen (secondary N) is 2. The predicted molar refractivity (Wildman–Crippen MR) is 84.2 cm³/mol. The Morgan fingerprint density at radius 3 is 2.59 bits per heavy atom. The highest BCUT2D eigenvalue weighted by molar-refractivity contribution is 5.89. The van der Waals surface area contributed by atoms with Crippen molar-refractivity contribution in [3.8, 4) is 0 Å². The van der Waals surface area contributed by atoms with E-state index in [-0.39, 0.29) is 18.5 Å². The number of carbonyl (C=O) groups excluding carboxylic acids is 1. The van der Waals surface area contributed by atoms with Gasteiger partial charge in [0.05, 0.1) is 6.04 Å². The van der Waals surface area contributed by atoms with Gasteiger partial charge in [0.25, 0.3) is 0 Å². The maximum atomic E-state index is 13.2. The minimum Gasteiger partial charge on any atom is -0.396 e. The summed E-state index contributed by atoms with van der Waals surface area (Å²) in [6.07, 6.45) is 0.417. The Kier molecular flexibility index (Phi) is 5.49. The monoisotopic (exact) mass is 302 g/mol. The summed E-state index contributed by atoms with van der Waals surface area (Å²) in [5.74, 6) is -0.312. The van der Waals surface area contributed by atoms with Crippen molar-refractivity contribution in [3.63, 3.8) is 0 Å². The number of anilines is 1. The lowest BCUT2D eigenvalue weighted by Crippen LogP contribution is -2.33. The van der Waals surface area contributed by atoms with Crippen molar-refractivity contribution < 1.29 is 14.3 Å². The zero-order valence-corrected chi connectivity index (χ0v) is 12.3. The van der Waals surface area contributed by atoms with Gasteiger partial charge in [0.15, 0.2) is 0 Å². The fourth-order valence-corrected chi connectivity index (χ4v) is 2.18. The molecule has 2 aromatic carbocycles. The molecule has 116 valence electrons. The summed E-state index contributed by atoms with van der Waals surface area (Å²) in [7, 11) is 0. The zero-order chi connectivity index (χ0) is 15.9. The van der Waals surface area contributed by atoms with Crippen LogP contribution in [0.3, 0.4) is 0 Å². The Morgan fingerprint density at radius 2 is 1.95 bits per heavy atom. The molecule has 2 amide bonds. The molecular formula is C17H19FN2O2. The lowest BCUT2D eigenvalue weighted by molar-refractivity contribution is 0.239. The van der Waals surface area contributed by atoms with E-state index in [0.717, 1.165) is 5.56 Å². The maximum Gasteiger partial charge on any atom is 0.319 e. The first kappa shape index (κ1) is 16.0. The van der Waals surface area contributed by atoms with Gasteiger partial charge in [-0.3, -0.25) is 0 Å². The molecule has 4 nitrogen and oxygen atoms in total. The number of rotatable bonds is 5. The van der Waals surface area contributed by atoms with Gasteiger partial charge in [-0.2, -0.15) is 0 Å². The first-order valence-corrected chi connectivity index (χ1v) is 7.09. The summed E-state index contributed by atoms with van der Waals surface area (Å²) < 4.78 is 13.2. The van der Waals surface area contributed by atoms with Gasteiger partial charge in [-0.25, -0.2) is 9.18 Å². The van der Waals surface area contributed by atoms with Crippen molar-refractivity contribution in [2.75, 3.05) is 11.9 Å². The van der Waals surface area contributed by atoms with Crippen LogP contribution in [0, 0.1) is 12.7 Å². The number of hydrogen-bond acceptors (Lipinski definition) is 2. The molecular weight excluding hydrogens is 283 g/mol. The van der Waals surface area contributed by atoms with Crippen LogP contribution in [0.2, 0.25) is 0 Å². The summed E-state index contributed by atoms with van der Waals surface area (Å²) in [5, 5.41) is 14.6. The summed E-state index contributed by atoms with van der Waals surface area (Å²) in [4.78, 5) is 12.1. The van der Waals surface area contributed by atoms with E-state index in [1.165, 1.54) is 12.1 Å². The topological polar surface area (TPSA) is 61.4 Å². The van der Waals surface area contributed by atoms with Crippen molar-refractivity contribution in [1.82, 2.24) is 5.32 Å². The third-order valence-electron chi connectivity index (χ3n) is 3.34. The average molecular weight is 302 g/mol. The van der Waals surface area contributed by atoms with Crippen molar-refractivity contribution in [3.05, 3.63) is 65.5 Å². The number of hydrogen-bond donors (Lipinski definition) is 3. The molecule has 3 N–H and O–H groups in total. The van der Waals surface area contributed by atoms with Crippen molar-refractivity contribution >= 4 is 11.7 Å².